The SMILES string of the molecule is COc1cc(OC)cc(N(CC2CC2)c2ccc3ncc(-c4cnn(CC(O)CN5CCCCC5)c4)nc3c2)c1. The van der Waals surface area contributed by atoms with Gasteiger partial charge in [0.15, 0.2) is 0 Å². The maximum Gasteiger partial charge on any atom is 0.124 e. The molecule has 1 aliphatic heterocycles. The Bertz CT molecular complexity index is 1420. The normalized spacial score (nSPS) is 16.7. The summed E-state index contributed by atoms with van der Waals surface area (Å²) in [5.74, 6) is 2.19. The molecule has 9 heteroatoms. The summed E-state index contributed by atoms with van der Waals surface area (Å²) in [5.41, 5.74) is 5.39. The first kappa shape index (κ1) is 26.5. The van der Waals surface area contributed by atoms with Crippen molar-refractivity contribution in [3.05, 3.63) is 55.0 Å². The number of β-amino-alcohol motifs (C(OH)–C–C–N with tert-alkyl or cyclic N) is 1. The molecule has 1 saturated carbocycles. The third-order valence-corrected chi connectivity index (χ3v) is 7.87. The van der Waals surface area contributed by atoms with Gasteiger partial charge in [0.1, 0.15) is 11.5 Å². The minimum atomic E-state index is -0.455. The summed E-state index contributed by atoms with van der Waals surface area (Å²) in [6, 6.07) is 12.2. The van der Waals surface area contributed by atoms with E-state index in [0.29, 0.717) is 19.0 Å². The average Bonchev–Trinajstić information content (AvgIpc) is 3.70. The predicted octanol–water partition coefficient (Wildman–Crippen LogP) is 4.91. The van der Waals surface area contributed by atoms with E-state index >= 15 is 0 Å². The van der Waals surface area contributed by atoms with E-state index in [2.05, 4.69) is 27.0 Å². The molecule has 2 aromatic carbocycles. The molecule has 1 saturated heterocycles. The summed E-state index contributed by atoms with van der Waals surface area (Å²) in [6.07, 6.45) is 11.3. The zero-order valence-electron chi connectivity index (χ0n) is 23.4. The summed E-state index contributed by atoms with van der Waals surface area (Å²) in [4.78, 5) is 14.3. The lowest BCUT2D eigenvalue weighted by atomic mass is 10.1. The van der Waals surface area contributed by atoms with Crippen molar-refractivity contribution < 1.29 is 14.6 Å². The lowest BCUT2D eigenvalue weighted by Crippen LogP contribution is -2.38. The number of hydrogen-bond donors (Lipinski definition) is 1. The zero-order chi connectivity index (χ0) is 27.5. The van der Waals surface area contributed by atoms with E-state index in [0.717, 1.165) is 64.8 Å². The summed E-state index contributed by atoms with van der Waals surface area (Å²) in [7, 11) is 3.35. The number of likely N-dealkylation sites (tertiary alicyclic amines) is 1. The summed E-state index contributed by atoms with van der Waals surface area (Å²) in [5, 5.41) is 15.1. The van der Waals surface area contributed by atoms with Crippen molar-refractivity contribution in [1.29, 1.82) is 0 Å². The first-order valence-electron chi connectivity index (χ1n) is 14.3. The molecule has 2 aromatic heterocycles. The number of anilines is 2. The molecule has 210 valence electrons. The van der Waals surface area contributed by atoms with Gasteiger partial charge < -0.3 is 24.4 Å². The highest BCUT2D eigenvalue weighted by Crippen LogP contribution is 2.38. The molecule has 1 unspecified atom stereocenters. The number of piperidine rings is 1. The third-order valence-electron chi connectivity index (χ3n) is 7.87. The Balaban J connectivity index is 1.24. The number of nitrogens with zero attached hydrogens (tertiary/aromatic N) is 6. The quantitative estimate of drug-likeness (QED) is 0.286. The topological polar surface area (TPSA) is 88.8 Å². The van der Waals surface area contributed by atoms with Crippen LogP contribution in [0.15, 0.2) is 55.0 Å². The average molecular weight is 543 g/mol. The van der Waals surface area contributed by atoms with Gasteiger partial charge in [0.05, 0.1) is 56.0 Å². The molecule has 2 aliphatic rings. The number of aliphatic hydroxyl groups excluding tert-OH is 1. The van der Waals surface area contributed by atoms with Crippen molar-refractivity contribution in [2.45, 2.75) is 44.8 Å². The lowest BCUT2D eigenvalue weighted by molar-refractivity contribution is 0.0856. The van der Waals surface area contributed by atoms with Crippen molar-refractivity contribution in [3.8, 4) is 22.8 Å². The van der Waals surface area contributed by atoms with E-state index in [1.54, 1.807) is 31.3 Å². The lowest BCUT2D eigenvalue weighted by Gasteiger charge is -2.28. The van der Waals surface area contributed by atoms with E-state index in [1.165, 1.54) is 32.1 Å². The monoisotopic (exact) mass is 542 g/mol. The van der Waals surface area contributed by atoms with Gasteiger partial charge in [0, 0.05) is 54.4 Å². The Morgan fingerprint density at radius 1 is 0.925 bits per heavy atom. The molecular formula is C31H38N6O3. The highest BCUT2D eigenvalue weighted by atomic mass is 16.5. The van der Waals surface area contributed by atoms with Crippen molar-refractivity contribution in [2.75, 3.05) is 45.3 Å². The van der Waals surface area contributed by atoms with Crippen molar-refractivity contribution >= 4 is 22.4 Å². The van der Waals surface area contributed by atoms with E-state index in [-0.39, 0.29) is 0 Å². The Morgan fingerprint density at radius 3 is 2.42 bits per heavy atom. The highest BCUT2D eigenvalue weighted by molar-refractivity contribution is 5.82. The zero-order valence-corrected chi connectivity index (χ0v) is 23.4. The van der Waals surface area contributed by atoms with Gasteiger partial charge in [0.2, 0.25) is 0 Å². The van der Waals surface area contributed by atoms with Gasteiger partial charge in [0.25, 0.3) is 0 Å². The van der Waals surface area contributed by atoms with E-state index < -0.39 is 6.10 Å². The Kier molecular flexibility index (Phi) is 7.84. The van der Waals surface area contributed by atoms with Crippen LogP contribution in [-0.4, -0.2) is 76.3 Å². The fraction of sp³-hybridized carbons (Fsp3) is 0.452. The summed E-state index contributed by atoms with van der Waals surface area (Å²) >= 11 is 0. The number of fused-ring (bicyclic) bond motifs is 1. The number of methoxy groups -OCH3 is 2. The molecule has 0 amide bonds. The second kappa shape index (κ2) is 11.8. The largest absolute Gasteiger partial charge is 0.497 e. The van der Waals surface area contributed by atoms with Crippen LogP contribution in [0.2, 0.25) is 0 Å². The molecule has 2 fully saturated rings. The smallest absolute Gasteiger partial charge is 0.124 e. The fourth-order valence-corrected chi connectivity index (χ4v) is 5.48. The van der Waals surface area contributed by atoms with Gasteiger partial charge in [-0.3, -0.25) is 9.67 Å². The van der Waals surface area contributed by atoms with Crippen LogP contribution >= 0.6 is 0 Å². The summed E-state index contributed by atoms with van der Waals surface area (Å²) < 4.78 is 12.9. The third kappa shape index (κ3) is 6.21. The molecule has 1 aliphatic carbocycles. The summed E-state index contributed by atoms with van der Waals surface area (Å²) in [6.45, 7) is 4.20. The Morgan fingerprint density at radius 2 is 1.70 bits per heavy atom. The predicted molar refractivity (Wildman–Crippen MR) is 156 cm³/mol. The van der Waals surface area contributed by atoms with Crippen LogP contribution in [0, 0.1) is 5.92 Å². The number of aromatic nitrogens is 4. The molecule has 1 atom stereocenters. The molecule has 3 heterocycles. The van der Waals surface area contributed by atoms with Gasteiger partial charge in [-0.25, -0.2) is 4.98 Å². The van der Waals surface area contributed by atoms with Crippen LogP contribution in [0.25, 0.3) is 22.3 Å². The molecule has 4 aromatic rings. The first-order valence-corrected chi connectivity index (χ1v) is 14.3. The fourth-order valence-electron chi connectivity index (χ4n) is 5.48. The second-order valence-corrected chi connectivity index (χ2v) is 11.0. The molecule has 9 nitrogen and oxygen atoms in total. The maximum atomic E-state index is 10.6. The van der Waals surface area contributed by atoms with E-state index in [1.807, 2.05) is 30.5 Å². The van der Waals surface area contributed by atoms with Crippen molar-refractivity contribution in [2.24, 2.45) is 5.92 Å². The van der Waals surface area contributed by atoms with Gasteiger partial charge in [-0.2, -0.15) is 5.10 Å². The maximum absolute atomic E-state index is 10.6. The molecule has 0 bridgehead atoms. The van der Waals surface area contributed by atoms with E-state index in [9.17, 15) is 5.11 Å². The number of aliphatic hydroxyl groups is 1. The van der Waals surface area contributed by atoms with Gasteiger partial charge >= 0.3 is 0 Å². The Labute approximate surface area is 235 Å². The van der Waals surface area contributed by atoms with Gasteiger partial charge in [-0.1, -0.05) is 6.42 Å². The minimum Gasteiger partial charge on any atom is -0.497 e. The molecule has 40 heavy (non-hydrogen) atoms. The van der Waals surface area contributed by atoms with Crippen LogP contribution < -0.4 is 14.4 Å². The standard InChI is InChI=1S/C31H38N6O3/c1-39-27-12-25(13-28(15-27)40-2)37(18-22-6-7-22)24-8-9-29-30(14-24)34-31(17-32-29)23-16-33-36(19-23)21-26(38)20-35-10-4-3-5-11-35/h8-9,12-17,19,22,26,38H,3-7,10-11,18,20-21H2,1-2H3. The molecule has 0 radical (unpaired) electrons. The van der Waals surface area contributed by atoms with Crippen molar-refractivity contribution in [1.82, 2.24) is 24.6 Å². The number of benzene rings is 2. The number of ether oxygens (including phenoxy) is 2. The van der Waals surface area contributed by atoms with E-state index in [4.69, 9.17) is 19.4 Å². The Hall–Kier alpha value is -3.69. The highest BCUT2D eigenvalue weighted by Gasteiger charge is 2.26. The molecule has 6 rings (SSSR count). The van der Waals surface area contributed by atoms with Crippen molar-refractivity contribution in [3.63, 3.8) is 0 Å². The van der Waals surface area contributed by atoms with Gasteiger partial charge in [-0.15, -0.1) is 0 Å². The minimum absolute atomic E-state index is 0.455. The number of rotatable bonds is 11. The van der Waals surface area contributed by atoms with Crippen LogP contribution in [-0.2, 0) is 6.54 Å². The molecule has 1 N–H and O–H groups in total. The van der Waals surface area contributed by atoms with Crippen LogP contribution in [0.3, 0.4) is 0 Å². The first-order chi connectivity index (χ1) is 19.6. The van der Waals surface area contributed by atoms with Crippen LogP contribution in [0.1, 0.15) is 32.1 Å². The van der Waals surface area contributed by atoms with Crippen LogP contribution in [0.4, 0.5) is 11.4 Å². The molecule has 0 spiro atoms. The van der Waals surface area contributed by atoms with Crippen LogP contribution in [0.5, 0.6) is 11.5 Å². The molecular weight excluding hydrogens is 504 g/mol. The van der Waals surface area contributed by atoms with Gasteiger partial charge in [-0.05, 0) is 62.9 Å². The second-order valence-electron chi connectivity index (χ2n) is 11.0. The number of hydrogen-bond acceptors (Lipinski definition) is 8.